The van der Waals surface area contributed by atoms with Gasteiger partial charge in [0.15, 0.2) is 0 Å². The highest BCUT2D eigenvalue weighted by Gasteiger charge is 2.24. The van der Waals surface area contributed by atoms with Crippen molar-refractivity contribution >= 4 is 5.97 Å². The number of benzene rings is 1. The monoisotopic (exact) mass is 275 g/mol. The van der Waals surface area contributed by atoms with Crippen molar-refractivity contribution in [1.29, 1.82) is 0 Å². The number of nitrogens with one attached hydrogen (secondary N) is 1. The summed E-state index contributed by atoms with van der Waals surface area (Å²) in [6.45, 7) is 0.683. The van der Waals surface area contributed by atoms with E-state index in [-0.39, 0.29) is 5.97 Å². The predicted molar refractivity (Wildman–Crippen MR) is 80.4 cm³/mol. The van der Waals surface area contributed by atoms with E-state index in [1.165, 1.54) is 44.8 Å². The molecule has 2 rings (SSSR count). The first-order valence-corrected chi connectivity index (χ1v) is 7.66. The molecule has 1 aliphatic carbocycles. The van der Waals surface area contributed by atoms with Crippen LogP contribution in [0.15, 0.2) is 30.3 Å². The molecule has 1 N–H and O–H groups in total. The molecule has 0 radical (unpaired) electrons. The van der Waals surface area contributed by atoms with Gasteiger partial charge in [-0.2, -0.15) is 0 Å². The van der Waals surface area contributed by atoms with Gasteiger partial charge in [-0.3, -0.25) is 4.79 Å². The minimum Gasteiger partial charge on any atom is -0.469 e. The molecule has 0 amide bonds. The van der Waals surface area contributed by atoms with E-state index in [0.29, 0.717) is 24.9 Å². The zero-order chi connectivity index (χ0) is 14.2. The minimum atomic E-state index is -0.145. The van der Waals surface area contributed by atoms with Gasteiger partial charge in [0, 0.05) is 12.6 Å². The third-order valence-corrected chi connectivity index (χ3v) is 4.20. The van der Waals surface area contributed by atoms with Crippen LogP contribution in [0, 0.1) is 5.92 Å². The van der Waals surface area contributed by atoms with Crippen molar-refractivity contribution in [1.82, 2.24) is 5.32 Å². The van der Waals surface area contributed by atoms with E-state index in [9.17, 15) is 4.79 Å². The van der Waals surface area contributed by atoms with Crippen molar-refractivity contribution in [3.05, 3.63) is 35.9 Å². The van der Waals surface area contributed by atoms with Gasteiger partial charge in [0.25, 0.3) is 0 Å². The number of rotatable bonds is 6. The second-order valence-electron chi connectivity index (χ2n) is 5.57. The van der Waals surface area contributed by atoms with Crippen LogP contribution < -0.4 is 5.32 Å². The maximum atomic E-state index is 11.2. The van der Waals surface area contributed by atoms with Crippen LogP contribution >= 0.6 is 0 Å². The lowest BCUT2D eigenvalue weighted by atomic mass is 9.81. The summed E-state index contributed by atoms with van der Waals surface area (Å²) in [4.78, 5) is 11.2. The summed E-state index contributed by atoms with van der Waals surface area (Å²) in [5, 5.41) is 3.57. The van der Waals surface area contributed by atoms with Crippen LogP contribution in [0.5, 0.6) is 0 Å². The Morgan fingerprint density at radius 1 is 1.25 bits per heavy atom. The normalized spacial score (nSPS) is 17.6. The fourth-order valence-corrected chi connectivity index (χ4v) is 3.12. The topological polar surface area (TPSA) is 38.3 Å². The molecule has 0 saturated heterocycles. The van der Waals surface area contributed by atoms with Gasteiger partial charge in [0.2, 0.25) is 0 Å². The number of hydrogen-bond donors (Lipinski definition) is 1. The summed E-state index contributed by atoms with van der Waals surface area (Å²) < 4.78 is 4.70. The van der Waals surface area contributed by atoms with Crippen molar-refractivity contribution in [2.75, 3.05) is 13.7 Å². The number of ether oxygens (including phenoxy) is 1. The molecule has 20 heavy (non-hydrogen) atoms. The zero-order valence-electron chi connectivity index (χ0n) is 12.3. The lowest BCUT2D eigenvalue weighted by Gasteiger charge is -2.31. The molecule has 1 fully saturated rings. The molecule has 1 aliphatic rings. The van der Waals surface area contributed by atoms with E-state index in [1.807, 2.05) is 0 Å². The Hall–Kier alpha value is -1.35. The van der Waals surface area contributed by atoms with Crippen molar-refractivity contribution in [3.8, 4) is 0 Å². The molecular formula is C17H25NO2. The molecule has 1 atom stereocenters. The maximum absolute atomic E-state index is 11.2. The standard InChI is InChI=1S/C17H25NO2/c1-20-16(19)12-13-18-17(14-8-4-2-5-9-14)15-10-6-3-7-11-15/h2,4-5,8-9,15,17-18H,3,6-7,10-13H2,1H3. The third-order valence-electron chi connectivity index (χ3n) is 4.20. The van der Waals surface area contributed by atoms with Gasteiger partial charge in [0.1, 0.15) is 0 Å². The van der Waals surface area contributed by atoms with Crippen LogP contribution in [-0.2, 0) is 9.53 Å². The highest BCUT2D eigenvalue weighted by Crippen LogP contribution is 2.34. The fraction of sp³-hybridized carbons (Fsp3) is 0.588. The Kier molecular flexibility index (Phi) is 6.06. The second kappa shape index (κ2) is 8.05. The van der Waals surface area contributed by atoms with Gasteiger partial charge < -0.3 is 10.1 Å². The molecule has 1 aromatic rings. The van der Waals surface area contributed by atoms with Gasteiger partial charge >= 0.3 is 5.97 Å². The molecule has 1 unspecified atom stereocenters. The Balaban J connectivity index is 1.98. The summed E-state index contributed by atoms with van der Waals surface area (Å²) in [6.07, 6.45) is 7.02. The van der Waals surface area contributed by atoms with Crippen molar-refractivity contribution < 1.29 is 9.53 Å². The second-order valence-corrected chi connectivity index (χ2v) is 5.57. The molecule has 0 spiro atoms. The number of carbonyl (C=O) groups excluding carboxylic acids is 1. The van der Waals surface area contributed by atoms with E-state index < -0.39 is 0 Å². The van der Waals surface area contributed by atoms with E-state index in [2.05, 4.69) is 35.6 Å². The van der Waals surface area contributed by atoms with Crippen molar-refractivity contribution in [2.24, 2.45) is 5.92 Å². The number of methoxy groups -OCH3 is 1. The lowest BCUT2D eigenvalue weighted by Crippen LogP contribution is -2.31. The average molecular weight is 275 g/mol. The van der Waals surface area contributed by atoms with E-state index >= 15 is 0 Å². The Bertz CT molecular complexity index is 399. The summed E-state index contributed by atoms with van der Waals surface area (Å²) in [5.74, 6) is 0.539. The Labute approximate surface area is 121 Å². The molecule has 3 nitrogen and oxygen atoms in total. The van der Waals surface area contributed by atoms with Crippen LogP contribution in [0.4, 0.5) is 0 Å². The van der Waals surface area contributed by atoms with Gasteiger partial charge in [-0.05, 0) is 24.3 Å². The molecule has 0 aromatic heterocycles. The van der Waals surface area contributed by atoms with Crippen LogP contribution in [0.25, 0.3) is 0 Å². The van der Waals surface area contributed by atoms with Gasteiger partial charge in [0.05, 0.1) is 13.5 Å². The van der Waals surface area contributed by atoms with Gasteiger partial charge in [-0.25, -0.2) is 0 Å². The predicted octanol–water partition coefficient (Wildman–Crippen LogP) is 3.46. The number of hydrogen-bond acceptors (Lipinski definition) is 3. The maximum Gasteiger partial charge on any atom is 0.306 e. The fourth-order valence-electron chi connectivity index (χ4n) is 3.12. The SMILES string of the molecule is COC(=O)CCNC(c1ccccc1)C1CCCCC1. The van der Waals surface area contributed by atoms with Crippen molar-refractivity contribution in [2.45, 2.75) is 44.6 Å². The summed E-state index contributed by atoms with van der Waals surface area (Å²) >= 11 is 0. The summed E-state index contributed by atoms with van der Waals surface area (Å²) in [6, 6.07) is 11.0. The van der Waals surface area contributed by atoms with Crippen LogP contribution in [0.1, 0.15) is 50.1 Å². The molecule has 110 valence electrons. The highest BCUT2D eigenvalue weighted by atomic mass is 16.5. The van der Waals surface area contributed by atoms with Crippen molar-refractivity contribution in [3.63, 3.8) is 0 Å². The van der Waals surface area contributed by atoms with Crippen LogP contribution in [0.3, 0.4) is 0 Å². The first-order chi connectivity index (χ1) is 9.81. The average Bonchev–Trinajstić information content (AvgIpc) is 2.53. The molecular weight excluding hydrogens is 250 g/mol. The summed E-state index contributed by atoms with van der Waals surface area (Å²) in [7, 11) is 1.44. The number of carbonyl (C=O) groups is 1. The largest absolute Gasteiger partial charge is 0.469 e. The Morgan fingerprint density at radius 2 is 1.95 bits per heavy atom. The number of esters is 1. The van der Waals surface area contributed by atoms with E-state index in [4.69, 9.17) is 4.74 Å². The molecule has 1 aromatic carbocycles. The minimum absolute atomic E-state index is 0.145. The zero-order valence-corrected chi connectivity index (χ0v) is 12.3. The molecule has 3 heteroatoms. The van der Waals surface area contributed by atoms with Crippen LogP contribution in [0.2, 0.25) is 0 Å². The smallest absolute Gasteiger partial charge is 0.306 e. The first-order valence-electron chi connectivity index (χ1n) is 7.66. The molecule has 0 aliphatic heterocycles. The third kappa shape index (κ3) is 4.34. The molecule has 0 heterocycles. The molecule has 0 bridgehead atoms. The Morgan fingerprint density at radius 3 is 2.60 bits per heavy atom. The quantitative estimate of drug-likeness (QED) is 0.808. The molecule has 1 saturated carbocycles. The van der Waals surface area contributed by atoms with E-state index in [0.717, 1.165) is 0 Å². The van der Waals surface area contributed by atoms with E-state index in [1.54, 1.807) is 0 Å². The van der Waals surface area contributed by atoms with Gasteiger partial charge in [-0.1, -0.05) is 49.6 Å². The van der Waals surface area contributed by atoms with Gasteiger partial charge in [-0.15, -0.1) is 0 Å². The highest BCUT2D eigenvalue weighted by molar-refractivity contribution is 5.69. The lowest BCUT2D eigenvalue weighted by molar-refractivity contribution is -0.140. The van der Waals surface area contributed by atoms with Crippen LogP contribution in [-0.4, -0.2) is 19.6 Å². The first kappa shape index (κ1) is 15.0. The summed E-state index contributed by atoms with van der Waals surface area (Å²) in [5.41, 5.74) is 1.34.